The van der Waals surface area contributed by atoms with Crippen molar-refractivity contribution >= 4 is 21.6 Å². The maximum atomic E-state index is 12.9. The lowest BCUT2D eigenvalue weighted by Crippen LogP contribution is -2.39. The minimum absolute atomic E-state index is 0.0329. The number of carbonyl (C=O) groups excluding carboxylic acids is 1. The number of benzene rings is 1. The number of hydrogen-bond donors (Lipinski definition) is 2. The number of amides is 1. The Hall–Kier alpha value is -2.86. The highest BCUT2D eigenvalue weighted by Crippen LogP contribution is 2.30. The molecule has 1 fully saturated rings. The Morgan fingerprint density at radius 3 is 2.69 bits per heavy atom. The average molecular weight is 527 g/mol. The number of ether oxygens (including phenoxy) is 1. The number of unbranched alkanes of at least 4 members (excludes halogenated alkanes) is 1. The molecule has 2 aliphatic heterocycles. The topological polar surface area (TPSA) is 101 Å². The molecule has 36 heavy (non-hydrogen) atoms. The first kappa shape index (κ1) is 26.2. The number of hydrogen-bond acceptors (Lipinski definition) is 6. The molecule has 1 amide bonds. The summed E-state index contributed by atoms with van der Waals surface area (Å²) in [6, 6.07) is 6.06. The highest BCUT2D eigenvalue weighted by molar-refractivity contribution is 7.89. The Kier molecular flexibility index (Phi) is 8.04. The quantitative estimate of drug-likeness (QED) is 0.484. The van der Waals surface area contributed by atoms with Crippen molar-refractivity contribution in [2.24, 2.45) is 5.92 Å². The van der Waals surface area contributed by atoms with Gasteiger partial charge in [0.05, 0.1) is 4.90 Å². The molecule has 8 nitrogen and oxygen atoms in total. The van der Waals surface area contributed by atoms with Crippen molar-refractivity contribution in [3.8, 4) is 5.75 Å². The van der Waals surface area contributed by atoms with Gasteiger partial charge in [0.2, 0.25) is 15.9 Å². The van der Waals surface area contributed by atoms with Crippen LogP contribution in [0.1, 0.15) is 37.7 Å². The predicted octanol–water partition coefficient (Wildman–Crippen LogP) is 3.70. The van der Waals surface area contributed by atoms with Crippen LogP contribution in [0.15, 0.2) is 47.6 Å². The number of pyridine rings is 1. The number of rotatable bonds is 9. The lowest BCUT2D eigenvalue weighted by molar-refractivity contribution is -0.274. The molecule has 1 aromatic heterocycles. The van der Waals surface area contributed by atoms with Gasteiger partial charge in [0.1, 0.15) is 11.8 Å². The van der Waals surface area contributed by atoms with E-state index in [0.717, 1.165) is 42.6 Å². The second kappa shape index (κ2) is 11.0. The van der Waals surface area contributed by atoms with Crippen LogP contribution < -0.4 is 15.4 Å². The smallest absolute Gasteiger partial charge is 0.406 e. The van der Waals surface area contributed by atoms with E-state index in [1.54, 1.807) is 12.4 Å². The highest BCUT2D eigenvalue weighted by Gasteiger charge is 2.33. The second-order valence-electron chi connectivity index (χ2n) is 9.09. The monoisotopic (exact) mass is 526 g/mol. The number of nitrogens with zero attached hydrogens (tertiary/aromatic N) is 2. The van der Waals surface area contributed by atoms with Gasteiger partial charge in [-0.2, -0.15) is 4.31 Å². The molecule has 1 aromatic carbocycles. The number of halogens is 3. The van der Waals surface area contributed by atoms with Crippen molar-refractivity contribution in [2.45, 2.75) is 55.8 Å². The molecule has 0 saturated carbocycles. The van der Waals surface area contributed by atoms with Crippen molar-refractivity contribution in [1.29, 1.82) is 0 Å². The van der Waals surface area contributed by atoms with Crippen LogP contribution in [0.25, 0.3) is 0 Å². The van der Waals surface area contributed by atoms with Crippen LogP contribution in [0.5, 0.6) is 5.75 Å². The fourth-order valence-corrected chi connectivity index (χ4v) is 6.16. The molecule has 0 aliphatic carbocycles. The van der Waals surface area contributed by atoms with Gasteiger partial charge in [0, 0.05) is 50.2 Å². The zero-order valence-corrected chi connectivity index (χ0v) is 20.4. The van der Waals surface area contributed by atoms with Crippen molar-refractivity contribution < 1.29 is 31.1 Å². The largest absolute Gasteiger partial charge is 0.573 e. The summed E-state index contributed by atoms with van der Waals surface area (Å²) in [5.74, 6) is -0.226. The fourth-order valence-electron chi connectivity index (χ4n) is 4.66. The average Bonchev–Trinajstić information content (AvgIpc) is 3.28. The number of fused-ring (bicyclic) bond motifs is 1. The lowest BCUT2D eigenvalue weighted by Gasteiger charge is -2.31. The summed E-state index contributed by atoms with van der Waals surface area (Å²) in [6.45, 7) is 1.21. The third-order valence-electron chi connectivity index (χ3n) is 6.56. The summed E-state index contributed by atoms with van der Waals surface area (Å²) in [4.78, 5) is 16.3. The molecule has 1 saturated heterocycles. The van der Waals surface area contributed by atoms with E-state index in [0.29, 0.717) is 44.8 Å². The van der Waals surface area contributed by atoms with Crippen LogP contribution in [0.2, 0.25) is 0 Å². The number of alkyl halides is 3. The van der Waals surface area contributed by atoms with E-state index < -0.39 is 22.1 Å². The molecular formula is C24H29F3N4O4S. The molecule has 1 unspecified atom stereocenters. The minimum Gasteiger partial charge on any atom is -0.406 e. The zero-order valence-electron chi connectivity index (χ0n) is 19.6. The van der Waals surface area contributed by atoms with Gasteiger partial charge in [-0.1, -0.05) is 18.9 Å². The van der Waals surface area contributed by atoms with Gasteiger partial charge in [0.25, 0.3) is 0 Å². The molecule has 196 valence electrons. The van der Waals surface area contributed by atoms with E-state index in [4.69, 9.17) is 0 Å². The summed E-state index contributed by atoms with van der Waals surface area (Å²) in [6.07, 6.45) is 3.23. The number of piperidine rings is 1. The number of nitrogens with one attached hydrogen (secondary N) is 2. The molecule has 12 heteroatoms. The third-order valence-corrected chi connectivity index (χ3v) is 8.46. The first-order valence-electron chi connectivity index (χ1n) is 11.9. The molecule has 0 spiro atoms. The van der Waals surface area contributed by atoms with E-state index in [1.807, 2.05) is 6.07 Å². The van der Waals surface area contributed by atoms with Gasteiger partial charge in [-0.05, 0) is 48.9 Å². The first-order valence-corrected chi connectivity index (χ1v) is 13.4. The standard InChI is InChI=1S/C24H29F3N4O4S/c25-24(26,27)35-19-5-3-6-20(15-19)36(33,34)31-12-8-17(9-13-31)4-1-2-10-29-23(32)22-14-18-16-28-11-7-21(18)30-22/h3,5-7,11,15-17,22,30H,1-2,4,8-10,12-14H2,(H,29,32). The molecule has 3 heterocycles. The van der Waals surface area contributed by atoms with Crippen molar-refractivity contribution in [3.63, 3.8) is 0 Å². The number of carbonyl (C=O) groups is 1. The van der Waals surface area contributed by atoms with Crippen LogP contribution in [0, 0.1) is 5.92 Å². The van der Waals surface area contributed by atoms with Crippen molar-refractivity contribution in [3.05, 3.63) is 48.3 Å². The van der Waals surface area contributed by atoms with Gasteiger partial charge >= 0.3 is 6.36 Å². The highest BCUT2D eigenvalue weighted by atomic mass is 32.2. The normalized spacial score (nSPS) is 18.9. The number of aromatic nitrogens is 1. The second-order valence-corrected chi connectivity index (χ2v) is 11.0. The Balaban J connectivity index is 1.16. The van der Waals surface area contributed by atoms with Crippen molar-refractivity contribution in [2.75, 3.05) is 25.0 Å². The molecule has 4 rings (SSSR count). The maximum Gasteiger partial charge on any atom is 0.573 e. The SMILES string of the molecule is O=C(NCCCCC1CCN(S(=O)(=O)c2cccc(OC(F)(F)F)c2)CC1)C1Cc2cnccc2N1. The molecule has 2 aliphatic rings. The number of anilines is 1. The van der Waals surface area contributed by atoms with E-state index in [2.05, 4.69) is 20.4 Å². The van der Waals surface area contributed by atoms with E-state index in [-0.39, 0.29) is 16.8 Å². The summed E-state index contributed by atoms with van der Waals surface area (Å²) in [5.41, 5.74) is 1.98. The summed E-state index contributed by atoms with van der Waals surface area (Å²) < 4.78 is 68.4. The van der Waals surface area contributed by atoms with E-state index in [9.17, 15) is 26.4 Å². The summed E-state index contributed by atoms with van der Waals surface area (Å²) >= 11 is 0. The molecular weight excluding hydrogens is 497 g/mol. The van der Waals surface area contributed by atoms with E-state index >= 15 is 0 Å². The maximum absolute atomic E-state index is 12.9. The van der Waals surface area contributed by atoms with Gasteiger partial charge in [0.15, 0.2) is 0 Å². The van der Waals surface area contributed by atoms with Crippen LogP contribution in [0.4, 0.5) is 18.9 Å². The molecule has 0 radical (unpaired) electrons. The Labute approximate surface area is 208 Å². The zero-order chi connectivity index (χ0) is 25.8. The van der Waals surface area contributed by atoms with E-state index in [1.165, 1.54) is 16.4 Å². The summed E-state index contributed by atoms with van der Waals surface area (Å²) in [7, 11) is -3.90. The van der Waals surface area contributed by atoms with Gasteiger partial charge in [-0.3, -0.25) is 9.78 Å². The molecule has 0 bridgehead atoms. The van der Waals surface area contributed by atoms with Gasteiger partial charge in [-0.25, -0.2) is 8.42 Å². The van der Waals surface area contributed by atoms with Gasteiger partial charge in [-0.15, -0.1) is 13.2 Å². The molecule has 1 atom stereocenters. The van der Waals surface area contributed by atoms with Crippen LogP contribution in [0.3, 0.4) is 0 Å². The predicted molar refractivity (Wildman–Crippen MR) is 127 cm³/mol. The minimum atomic E-state index is -4.89. The molecule has 2 N–H and O–H groups in total. The van der Waals surface area contributed by atoms with Crippen molar-refractivity contribution in [1.82, 2.24) is 14.6 Å². The fraction of sp³-hybridized carbons (Fsp3) is 0.500. The molecule has 2 aromatic rings. The lowest BCUT2D eigenvalue weighted by atomic mass is 9.92. The first-order chi connectivity index (χ1) is 17.1. The Bertz CT molecular complexity index is 1140. The van der Waals surface area contributed by atoms with Crippen LogP contribution >= 0.6 is 0 Å². The summed E-state index contributed by atoms with van der Waals surface area (Å²) in [5, 5.41) is 6.18. The van der Waals surface area contributed by atoms with Crippen LogP contribution in [-0.4, -0.2) is 55.7 Å². The third kappa shape index (κ3) is 6.67. The number of sulfonamides is 1. The Morgan fingerprint density at radius 2 is 1.97 bits per heavy atom. The Morgan fingerprint density at radius 1 is 1.19 bits per heavy atom. The van der Waals surface area contributed by atoms with Crippen LogP contribution in [-0.2, 0) is 21.2 Å². The van der Waals surface area contributed by atoms with Gasteiger partial charge < -0.3 is 15.4 Å².